The first-order chi connectivity index (χ1) is 5.41. The lowest BCUT2D eigenvalue weighted by molar-refractivity contribution is 0.487. The van der Waals surface area contributed by atoms with Crippen LogP contribution in [0.3, 0.4) is 0 Å². The van der Waals surface area contributed by atoms with E-state index in [-0.39, 0.29) is 10.9 Å². The molecule has 0 aliphatic rings. The van der Waals surface area contributed by atoms with Crippen molar-refractivity contribution in [1.29, 1.82) is 0 Å². The summed E-state index contributed by atoms with van der Waals surface area (Å²) in [5.41, 5.74) is 0. The third-order valence-corrected chi connectivity index (χ3v) is 2.36. The lowest BCUT2D eigenvalue weighted by Gasteiger charge is -2.23. The van der Waals surface area contributed by atoms with E-state index in [1.54, 1.807) is 10.9 Å². The van der Waals surface area contributed by atoms with Gasteiger partial charge in [-0.25, -0.2) is 5.14 Å². The van der Waals surface area contributed by atoms with Gasteiger partial charge in [0.05, 0.1) is 6.20 Å². The van der Waals surface area contributed by atoms with Crippen LogP contribution in [0.4, 0.5) is 0 Å². The van der Waals surface area contributed by atoms with Gasteiger partial charge in [-0.2, -0.15) is 5.10 Å². The Kier molecular flexibility index (Phi) is 2.43. The number of hydrogen-bond acceptors (Lipinski definition) is 4. The second-order valence-electron chi connectivity index (χ2n) is 2.84. The molecule has 0 radical (unpaired) electrons. The molecule has 0 aromatic carbocycles. The normalized spacial score (nSPS) is 13.8. The Hall–Kier alpha value is -0.560. The summed E-state index contributed by atoms with van der Waals surface area (Å²) in [4.78, 5) is 0.274. The number of nitrogens with zero attached hydrogens (tertiary/aromatic N) is 2. The summed E-state index contributed by atoms with van der Waals surface area (Å²) >= 11 is 0. The van der Waals surface area contributed by atoms with Crippen molar-refractivity contribution in [3.05, 3.63) is 12.4 Å². The van der Waals surface area contributed by atoms with Gasteiger partial charge in [-0.1, -0.05) is 0 Å². The van der Waals surface area contributed by atoms with Crippen molar-refractivity contribution >= 4 is 10.8 Å². The molecule has 12 heavy (non-hydrogen) atoms. The van der Waals surface area contributed by atoms with Crippen LogP contribution in [0.2, 0.25) is 0 Å². The van der Waals surface area contributed by atoms with E-state index in [2.05, 4.69) is 5.10 Å². The predicted octanol–water partition coefficient (Wildman–Crippen LogP) is 1.45. The Morgan fingerprint density at radius 2 is 2.17 bits per heavy atom. The molecule has 4 N–H and O–H groups in total. The van der Waals surface area contributed by atoms with Crippen molar-refractivity contribution in [3.8, 4) is 0 Å². The summed E-state index contributed by atoms with van der Waals surface area (Å²) in [6.07, 6.45) is 2.91. The fraction of sp³-hybridized carbons (Fsp3) is 0.500. The van der Waals surface area contributed by atoms with E-state index < -0.39 is 10.8 Å². The smallest absolute Gasteiger partial charge is 0.113 e. The van der Waals surface area contributed by atoms with Gasteiger partial charge in [0.15, 0.2) is 0 Å². The van der Waals surface area contributed by atoms with Gasteiger partial charge >= 0.3 is 0 Å². The van der Waals surface area contributed by atoms with Gasteiger partial charge in [0.2, 0.25) is 0 Å². The Morgan fingerprint density at radius 3 is 2.42 bits per heavy atom. The minimum Gasteiger partial charge on any atom is -0.282 e. The van der Waals surface area contributed by atoms with Gasteiger partial charge in [0.1, 0.15) is 4.90 Å². The summed E-state index contributed by atoms with van der Waals surface area (Å²) in [5, 5.41) is 9.03. The average molecular weight is 191 g/mol. The lowest BCUT2D eigenvalue weighted by atomic mass is 10.4. The zero-order valence-corrected chi connectivity index (χ0v) is 7.82. The minimum atomic E-state index is -3.10. The van der Waals surface area contributed by atoms with Crippen LogP contribution in [0.5, 0.6) is 0 Å². The number of nitrogens with two attached hydrogens (primary N) is 1. The molecule has 1 aromatic heterocycles. The Morgan fingerprint density at radius 1 is 1.58 bits per heavy atom. The van der Waals surface area contributed by atoms with Gasteiger partial charge in [-0.15, -0.1) is 10.8 Å². The van der Waals surface area contributed by atoms with Crippen LogP contribution in [0, 0.1) is 0 Å². The SMILES string of the molecule is CC(C)n1cc(S(N)(O)O)cn1. The highest BCUT2D eigenvalue weighted by Gasteiger charge is 2.12. The third-order valence-electron chi connectivity index (χ3n) is 1.45. The van der Waals surface area contributed by atoms with E-state index in [1.807, 2.05) is 13.8 Å². The summed E-state index contributed by atoms with van der Waals surface area (Å²) in [6, 6.07) is 0.195. The fourth-order valence-corrected chi connectivity index (χ4v) is 1.22. The number of aromatic nitrogens is 2. The van der Waals surface area contributed by atoms with Crippen molar-refractivity contribution in [2.45, 2.75) is 24.8 Å². The number of rotatable bonds is 2. The Labute approximate surface area is 72.7 Å². The zero-order chi connectivity index (χ0) is 9.35. The molecular weight excluding hydrogens is 178 g/mol. The van der Waals surface area contributed by atoms with Crippen molar-refractivity contribution < 1.29 is 9.11 Å². The summed E-state index contributed by atoms with van der Waals surface area (Å²) < 4.78 is 19.7. The van der Waals surface area contributed by atoms with Gasteiger partial charge < -0.3 is 0 Å². The molecule has 0 unspecified atom stereocenters. The van der Waals surface area contributed by atoms with E-state index in [1.165, 1.54) is 6.20 Å². The maximum absolute atomic E-state index is 9.05. The van der Waals surface area contributed by atoms with Gasteiger partial charge in [0.25, 0.3) is 0 Å². The van der Waals surface area contributed by atoms with Gasteiger partial charge in [-0.3, -0.25) is 13.8 Å². The molecule has 1 aromatic rings. The van der Waals surface area contributed by atoms with Crippen molar-refractivity contribution in [2.24, 2.45) is 5.14 Å². The first-order valence-electron chi connectivity index (χ1n) is 3.51. The zero-order valence-electron chi connectivity index (χ0n) is 7.01. The molecule has 1 heterocycles. The molecule has 1 rings (SSSR count). The van der Waals surface area contributed by atoms with Crippen molar-refractivity contribution in [2.75, 3.05) is 0 Å². The molecule has 0 fully saturated rings. The van der Waals surface area contributed by atoms with Crippen LogP contribution in [-0.2, 0) is 0 Å². The Balaban J connectivity index is 2.92. The predicted molar refractivity (Wildman–Crippen MR) is 47.9 cm³/mol. The number of hydrogen-bond donors (Lipinski definition) is 3. The first kappa shape index (κ1) is 9.53. The van der Waals surface area contributed by atoms with Crippen LogP contribution in [-0.4, -0.2) is 18.9 Å². The highest BCUT2D eigenvalue weighted by molar-refractivity contribution is 8.22. The molecule has 0 amide bonds. The van der Waals surface area contributed by atoms with Crippen LogP contribution in [0.15, 0.2) is 17.3 Å². The van der Waals surface area contributed by atoms with Crippen LogP contribution in [0.1, 0.15) is 19.9 Å². The molecular formula is C6H13N3O2S. The monoisotopic (exact) mass is 191 g/mol. The van der Waals surface area contributed by atoms with E-state index in [4.69, 9.17) is 14.2 Å². The molecule has 5 nitrogen and oxygen atoms in total. The molecule has 0 saturated carbocycles. The second kappa shape index (κ2) is 3.06. The quantitative estimate of drug-likeness (QED) is 0.660. The maximum Gasteiger partial charge on any atom is 0.113 e. The van der Waals surface area contributed by atoms with Crippen LogP contribution >= 0.6 is 10.8 Å². The molecule has 6 heteroatoms. The fourth-order valence-electron chi connectivity index (χ4n) is 0.758. The molecule has 0 spiro atoms. The van der Waals surface area contributed by atoms with E-state index in [0.29, 0.717) is 0 Å². The minimum absolute atomic E-state index is 0.195. The molecule has 0 atom stereocenters. The third kappa shape index (κ3) is 1.98. The Bertz CT molecular complexity index is 266. The lowest BCUT2D eigenvalue weighted by Crippen LogP contribution is -2.07. The van der Waals surface area contributed by atoms with E-state index in [9.17, 15) is 0 Å². The molecule has 0 aliphatic carbocycles. The molecule has 0 bridgehead atoms. The van der Waals surface area contributed by atoms with Crippen molar-refractivity contribution in [3.63, 3.8) is 0 Å². The first-order valence-corrected chi connectivity index (χ1v) is 5.12. The summed E-state index contributed by atoms with van der Waals surface area (Å²) in [5.74, 6) is 0. The standard InChI is InChI=1S/C6H13N3O2S/c1-5(2)9-4-6(3-8-9)12(7,10)11/h3-5,10-11H,7H2,1-2H3. The summed E-state index contributed by atoms with van der Waals surface area (Å²) in [7, 11) is -3.10. The molecule has 0 saturated heterocycles. The highest BCUT2D eigenvalue weighted by atomic mass is 32.3. The topological polar surface area (TPSA) is 84.3 Å². The van der Waals surface area contributed by atoms with E-state index >= 15 is 0 Å². The molecule has 70 valence electrons. The largest absolute Gasteiger partial charge is 0.282 e. The summed E-state index contributed by atoms with van der Waals surface area (Å²) in [6.45, 7) is 3.89. The second-order valence-corrected chi connectivity index (χ2v) is 4.50. The van der Waals surface area contributed by atoms with E-state index in [0.717, 1.165) is 0 Å². The van der Waals surface area contributed by atoms with Gasteiger partial charge in [0, 0.05) is 12.2 Å². The van der Waals surface area contributed by atoms with Crippen LogP contribution in [0.25, 0.3) is 0 Å². The van der Waals surface area contributed by atoms with Crippen molar-refractivity contribution in [1.82, 2.24) is 9.78 Å². The van der Waals surface area contributed by atoms with Gasteiger partial charge in [-0.05, 0) is 13.8 Å². The van der Waals surface area contributed by atoms with Crippen LogP contribution < -0.4 is 5.14 Å². The maximum atomic E-state index is 9.05. The highest BCUT2D eigenvalue weighted by Crippen LogP contribution is 2.39. The molecule has 0 aliphatic heterocycles. The average Bonchev–Trinajstić information content (AvgIpc) is 2.30.